The molecule has 0 N–H and O–H groups in total. The van der Waals surface area contributed by atoms with E-state index in [4.69, 9.17) is 11.6 Å². The van der Waals surface area contributed by atoms with Crippen LogP contribution in [0.25, 0.3) is 0 Å². The van der Waals surface area contributed by atoms with Crippen LogP contribution in [0.5, 0.6) is 0 Å². The van der Waals surface area contributed by atoms with Gasteiger partial charge in [0.2, 0.25) is 0 Å². The number of thiophene rings is 1. The van der Waals surface area contributed by atoms with E-state index in [2.05, 4.69) is 4.98 Å². The molecular weight excluding hydrogens is 244 g/mol. The zero-order valence-corrected chi connectivity index (χ0v) is 10.4. The minimum Gasteiger partial charge on any atom is -0.338 e. The van der Waals surface area contributed by atoms with Gasteiger partial charge in [-0.1, -0.05) is 11.6 Å². The molecule has 0 radical (unpaired) electrons. The van der Waals surface area contributed by atoms with Gasteiger partial charge in [-0.3, -0.25) is 4.79 Å². The fraction of sp³-hybridized carbons (Fsp3) is 0.273. The summed E-state index contributed by atoms with van der Waals surface area (Å²) in [5.41, 5.74) is 0. The van der Waals surface area contributed by atoms with E-state index < -0.39 is 0 Å². The number of nitrogens with zero attached hydrogens (tertiary/aromatic N) is 2. The van der Waals surface area contributed by atoms with Crippen LogP contribution in [-0.4, -0.2) is 15.3 Å². The van der Waals surface area contributed by atoms with Crippen molar-refractivity contribution < 1.29 is 4.79 Å². The molecule has 0 aliphatic rings. The minimum absolute atomic E-state index is 0.0861. The molecule has 0 unspecified atom stereocenters. The number of carbonyl (C=O) groups is 1. The van der Waals surface area contributed by atoms with Gasteiger partial charge in [0, 0.05) is 32.3 Å². The molecule has 0 saturated heterocycles. The molecule has 0 amide bonds. The maximum Gasteiger partial charge on any atom is 0.174 e. The van der Waals surface area contributed by atoms with Gasteiger partial charge >= 0.3 is 0 Å². The Morgan fingerprint density at radius 3 is 3.00 bits per heavy atom. The first-order chi connectivity index (χ1) is 7.68. The monoisotopic (exact) mass is 254 g/mol. The summed E-state index contributed by atoms with van der Waals surface area (Å²) >= 11 is 7.29. The van der Waals surface area contributed by atoms with Crippen LogP contribution in [0.4, 0.5) is 0 Å². The summed E-state index contributed by atoms with van der Waals surface area (Å²) in [5.74, 6) is 1.00. The average molecular weight is 255 g/mol. The summed E-state index contributed by atoms with van der Waals surface area (Å²) in [6.07, 6.45) is 4.71. The largest absolute Gasteiger partial charge is 0.338 e. The van der Waals surface area contributed by atoms with E-state index in [0.717, 1.165) is 5.82 Å². The van der Waals surface area contributed by atoms with Crippen LogP contribution < -0.4 is 0 Å². The van der Waals surface area contributed by atoms with E-state index in [1.54, 1.807) is 12.3 Å². The quantitative estimate of drug-likeness (QED) is 0.787. The number of carbonyl (C=O) groups excluding carboxylic acids is 1. The first kappa shape index (κ1) is 11.4. The fourth-order valence-electron chi connectivity index (χ4n) is 1.47. The van der Waals surface area contributed by atoms with E-state index in [1.807, 2.05) is 23.2 Å². The van der Waals surface area contributed by atoms with E-state index in [-0.39, 0.29) is 5.78 Å². The molecule has 2 heterocycles. The highest BCUT2D eigenvalue weighted by Gasteiger charge is 2.12. The summed E-state index contributed by atoms with van der Waals surface area (Å²) in [4.78, 5) is 16.6. The summed E-state index contributed by atoms with van der Waals surface area (Å²) in [6.45, 7) is 0. The molecule has 0 aliphatic carbocycles. The lowest BCUT2D eigenvalue weighted by Gasteiger charge is -2.00. The Morgan fingerprint density at radius 2 is 2.44 bits per heavy atom. The van der Waals surface area contributed by atoms with Gasteiger partial charge in [-0.15, -0.1) is 11.3 Å². The lowest BCUT2D eigenvalue weighted by Crippen LogP contribution is -2.03. The molecule has 3 nitrogen and oxygen atoms in total. The lowest BCUT2D eigenvalue weighted by molar-refractivity contribution is 0.0986. The molecule has 0 aromatic carbocycles. The third-order valence-corrected chi connectivity index (χ3v) is 3.75. The number of Topliss-reactive ketones (excluding diaryl/α,β-unsaturated/α-hetero) is 1. The Kier molecular flexibility index (Phi) is 3.41. The summed E-state index contributed by atoms with van der Waals surface area (Å²) in [7, 11) is 1.92. The maximum absolute atomic E-state index is 11.8. The van der Waals surface area contributed by atoms with Crippen molar-refractivity contribution in [2.45, 2.75) is 12.8 Å². The molecule has 0 bridgehead atoms. The molecule has 2 aromatic heterocycles. The zero-order chi connectivity index (χ0) is 11.5. The van der Waals surface area contributed by atoms with Crippen LogP contribution in [0.3, 0.4) is 0 Å². The van der Waals surface area contributed by atoms with Gasteiger partial charge in [0.25, 0.3) is 0 Å². The second-order valence-electron chi connectivity index (χ2n) is 3.48. The molecule has 84 valence electrons. The number of ketones is 1. The molecule has 0 saturated carbocycles. The topological polar surface area (TPSA) is 34.9 Å². The van der Waals surface area contributed by atoms with Gasteiger partial charge in [0.1, 0.15) is 5.82 Å². The number of imidazole rings is 1. The van der Waals surface area contributed by atoms with Crippen molar-refractivity contribution in [1.82, 2.24) is 9.55 Å². The number of halogens is 1. The lowest BCUT2D eigenvalue weighted by atomic mass is 10.2. The second-order valence-corrected chi connectivity index (χ2v) is 4.80. The Balaban J connectivity index is 1.99. The summed E-state index contributed by atoms with van der Waals surface area (Å²) in [5, 5.41) is 2.38. The van der Waals surface area contributed by atoms with Crippen molar-refractivity contribution >= 4 is 28.7 Å². The number of aryl methyl sites for hydroxylation is 2. The van der Waals surface area contributed by atoms with Crippen LogP contribution >= 0.6 is 22.9 Å². The number of hydrogen-bond acceptors (Lipinski definition) is 3. The molecule has 0 atom stereocenters. The Hall–Kier alpha value is -1.13. The van der Waals surface area contributed by atoms with Crippen molar-refractivity contribution in [2.24, 2.45) is 7.05 Å². The molecular formula is C11H11ClN2OS. The van der Waals surface area contributed by atoms with Crippen LogP contribution in [0.15, 0.2) is 23.8 Å². The predicted molar refractivity (Wildman–Crippen MR) is 65.2 cm³/mol. The molecule has 0 spiro atoms. The molecule has 0 fully saturated rings. The Morgan fingerprint density at radius 1 is 1.62 bits per heavy atom. The molecule has 0 aliphatic heterocycles. The standard InChI is InChI=1S/C11H11ClN2OS/c1-14-6-5-13-10(14)3-2-9(15)11-8(12)4-7-16-11/h4-7H,2-3H2,1H3. The van der Waals surface area contributed by atoms with Gasteiger partial charge in [0.15, 0.2) is 5.78 Å². The number of aromatic nitrogens is 2. The highest BCUT2D eigenvalue weighted by Crippen LogP contribution is 2.23. The second kappa shape index (κ2) is 4.80. The highest BCUT2D eigenvalue weighted by atomic mass is 35.5. The number of hydrogen-bond donors (Lipinski definition) is 0. The van der Waals surface area contributed by atoms with Gasteiger partial charge in [0.05, 0.1) is 9.90 Å². The first-order valence-electron chi connectivity index (χ1n) is 4.91. The normalized spacial score (nSPS) is 10.6. The SMILES string of the molecule is Cn1ccnc1CCC(=O)c1sccc1Cl. The van der Waals surface area contributed by atoms with Crippen molar-refractivity contribution in [2.75, 3.05) is 0 Å². The Bertz CT molecular complexity index is 504. The molecule has 2 rings (SSSR count). The Labute approximate surface area is 103 Å². The third-order valence-electron chi connectivity index (χ3n) is 2.37. The van der Waals surface area contributed by atoms with Crippen LogP contribution in [0, 0.1) is 0 Å². The van der Waals surface area contributed by atoms with Gasteiger partial charge in [-0.2, -0.15) is 0 Å². The van der Waals surface area contributed by atoms with Gasteiger partial charge in [-0.25, -0.2) is 4.98 Å². The first-order valence-corrected chi connectivity index (χ1v) is 6.16. The van der Waals surface area contributed by atoms with E-state index >= 15 is 0 Å². The summed E-state index contributed by atoms with van der Waals surface area (Å²) < 4.78 is 1.92. The van der Waals surface area contributed by atoms with Crippen LogP contribution in [0.1, 0.15) is 21.9 Å². The molecule has 16 heavy (non-hydrogen) atoms. The third kappa shape index (κ3) is 2.33. The zero-order valence-electron chi connectivity index (χ0n) is 8.81. The van der Waals surface area contributed by atoms with Crippen molar-refractivity contribution in [3.63, 3.8) is 0 Å². The summed E-state index contributed by atoms with van der Waals surface area (Å²) in [6, 6.07) is 1.75. The van der Waals surface area contributed by atoms with E-state index in [9.17, 15) is 4.79 Å². The predicted octanol–water partition coefficient (Wildman–Crippen LogP) is 2.95. The van der Waals surface area contributed by atoms with Gasteiger partial charge < -0.3 is 4.57 Å². The van der Waals surface area contributed by atoms with Crippen molar-refractivity contribution in [3.8, 4) is 0 Å². The van der Waals surface area contributed by atoms with Crippen molar-refractivity contribution in [3.05, 3.63) is 39.6 Å². The highest BCUT2D eigenvalue weighted by molar-refractivity contribution is 7.12. The molecule has 2 aromatic rings. The molecule has 5 heteroatoms. The average Bonchev–Trinajstić information content (AvgIpc) is 2.84. The fourth-order valence-corrected chi connectivity index (χ4v) is 2.60. The van der Waals surface area contributed by atoms with E-state index in [1.165, 1.54) is 11.3 Å². The van der Waals surface area contributed by atoms with Crippen LogP contribution in [0.2, 0.25) is 5.02 Å². The number of rotatable bonds is 4. The van der Waals surface area contributed by atoms with Crippen molar-refractivity contribution in [1.29, 1.82) is 0 Å². The maximum atomic E-state index is 11.8. The van der Waals surface area contributed by atoms with E-state index in [0.29, 0.717) is 22.7 Å². The minimum atomic E-state index is 0.0861. The smallest absolute Gasteiger partial charge is 0.174 e. The van der Waals surface area contributed by atoms with Gasteiger partial charge in [-0.05, 0) is 11.4 Å². The van der Waals surface area contributed by atoms with Crippen LogP contribution in [-0.2, 0) is 13.5 Å².